The Bertz CT molecular complexity index is 620. The van der Waals surface area contributed by atoms with Crippen molar-refractivity contribution in [1.29, 1.82) is 0 Å². The van der Waals surface area contributed by atoms with Crippen LogP contribution in [0.2, 0.25) is 0 Å². The number of aromatic carboxylic acids is 1. The number of rotatable bonds is 7. The Kier molecular flexibility index (Phi) is 5.70. The molecule has 3 nitrogen and oxygen atoms in total. The summed E-state index contributed by atoms with van der Waals surface area (Å²) in [5.41, 5.74) is 2.35. The highest BCUT2D eigenvalue weighted by atomic mass is 32.2. The van der Waals surface area contributed by atoms with Crippen LogP contribution < -0.4 is 4.74 Å². The van der Waals surface area contributed by atoms with E-state index in [0.717, 1.165) is 28.4 Å². The van der Waals surface area contributed by atoms with Gasteiger partial charge in [-0.2, -0.15) is 0 Å². The number of carboxylic acid groups (broad SMARTS) is 1. The van der Waals surface area contributed by atoms with Gasteiger partial charge in [-0.3, -0.25) is 0 Å². The van der Waals surface area contributed by atoms with Crippen LogP contribution in [-0.2, 0) is 0 Å². The highest BCUT2D eigenvalue weighted by molar-refractivity contribution is 7.99. The lowest BCUT2D eigenvalue weighted by molar-refractivity contribution is 0.0702. The first kappa shape index (κ1) is 15.9. The molecule has 1 heterocycles. The summed E-state index contributed by atoms with van der Waals surface area (Å²) >= 11 is 2.94. The van der Waals surface area contributed by atoms with Crippen LogP contribution in [0, 0.1) is 13.8 Å². The highest BCUT2D eigenvalue weighted by Crippen LogP contribution is 2.25. The molecule has 0 saturated heterocycles. The van der Waals surface area contributed by atoms with Crippen LogP contribution >= 0.6 is 23.1 Å². The molecule has 2 aromatic rings. The zero-order valence-corrected chi connectivity index (χ0v) is 13.7. The topological polar surface area (TPSA) is 46.5 Å². The van der Waals surface area contributed by atoms with Crippen molar-refractivity contribution in [3.63, 3.8) is 0 Å². The van der Waals surface area contributed by atoms with Crippen LogP contribution in [0.4, 0.5) is 0 Å². The molecule has 0 amide bonds. The molecule has 0 atom stereocenters. The van der Waals surface area contributed by atoms with Crippen LogP contribution in [0.3, 0.4) is 0 Å². The largest absolute Gasteiger partial charge is 0.493 e. The van der Waals surface area contributed by atoms with Gasteiger partial charge in [0.1, 0.15) is 10.6 Å². The normalized spacial score (nSPS) is 10.6. The van der Waals surface area contributed by atoms with Crippen molar-refractivity contribution in [2.24, 2.45) is 0 Å². The van der Waals surface area contributed by atoms with Crippen molar-refractivity contribution >= 4 is 29.1 Å². The number of carbonyl (C=O) groups is 1. The Morgan fingerprint density at radius 1 is 1.33 bits per heavy atom. The Balaban J connectivity index is 1.72. The average molecular weight is 322 g/mol. The van der Waals surface area contributed by atoms with Crippen molar-refractivity contribution in [1.82, 2.24) is 0 Å². The Hall–Kier alpha value is -1.46. The molecule has 2 rings (SSSR count). The minimum absolute atomic E-state index is 0.393. The third-order valence-corrected chi connectivity index (χ3v) is 5.07. The molecule has 0 radical (unpaired) electrons. The molecule has 1 aromatic heterocycles. The summed E-state index contributed by atoms with van der Waals surface area (Å²) in [5.74, 6) is 1.01. The molecular weight excluding hydrogens is 304 g/mol. The van der Waals surface area contributed by atoms with Crippen molar-refractivity contribution in [2.75, 3.05) is 12.4 Å². The summed E-state index contributed by atoms with van der Waals surface area (Å²) in [7, 11) is 0. The Morgan fingerprint density at radius 2 is 2.14 bits per heavy atom. The standard InChI is InChI=1S/C16H18O3S2/c1-11-4-5-12(2)14(8-11)19-6-3-7-20-13-9-15(16(17)18)21-10-13/h4-5,8-10H,3,6-7H2,1-2H3,(H,17,18). The van der Waals surface area contributed by atoms with E-state index >= 15 is 0 Å². The minimum atomic E-state index is -0.856. The molecule has 0 fully saturated rings. The molecule has 0 saturated carbocycles. The lowest BCUT2D eigenvalue weighted by Gasteiger charge is -2.09. The number of thioether (sulfide) groups is 1. The number of hydrogen-bond acceptors (Lipinski definition) is 4. The number of ether oxygens (including phenoxy) is 1. The van der Waals surface area contributed by atoms with Crippen LogP contribution in [-0.4, -0.2) is 23.4 Å². The third-order valence-electron chi connectivity index (χ3n) is 2.94. The van der Waals surface area contributed by atoms with Gasteiger partial charge in [-0.15, -0.1) is 23.1 Å². The molecule has 0 bridgehead atoms. The predicted molar refractivity (Wildman–Crippen MR) is 88.0 cm³/mol. The van der Waals surface area contributed by atoms with Gasteiger partial charge in [0.05, 0.1) is 6.61 Å². The van der Waals surface area contributed by atoms with E-state index in [2.05, 4.69) is 25.1 Å². The summed E-state index contributed by atoms with van der Waals surface area (Å²) in [4.78, 5) is 12.2. The molecule has 0 spiro atoms. The molecule has 5 heteroatoms. The zero-order chi connectivity index (χ0) is 15.2. The predicted octanol–water partition coefficient (Wildman–Crippen LogP) is 4.62. The summed E-state index contributed by atoms with van der Waals surface area (Å²) < 4.78 is 5.79. The van der Waals surface area contributed by atoms with Crippen LogP contribution in [0.1, 0.15) is 27.2 Å². The van der Waals surface area contributed by atoms with E-state index in [4.69, 9.17) is 9.84 Å². The second kappa shape index (κ2) is 7.52. The van der Waals surface area contributed by atoms with Gasteiger partial charge in [0.2, 0.25) is 0 Å². The summed E-state index contributed by atoms with van der Waals surface area (Å²) in [6.45, 7) is 4.77. The fourth-order valence-corrected chi connectivity index (χ4v) is 3.60. The van der Waals surface area contributed by atoms with E-state index in [-0.39, 0.29) is 0 Å². The quantitative estimate of drug-likeness (QED) is 0.596. The van der Waals surface area contributed by atoms with Crippen LogP contribution in [0.15, 0.2) is 34.5 Å². The molecule has 0 aliphatic rings. The fraction of sp³-hybridized carbons (Fsp3) is 0.312. The Morgan fingerprint density at radius 3 is 2.86 bits per heavy atom. The van der Waals surface area contributed by atoms with Gasteiger partial charge in [0, 0.05) is 16.0 Å². The molecular formula is C16H18O3S2. The number of benzene rings is 1. The summed E-state index contributed by atoms with van der Waals surface area (Å²) in [5, 5.41) is 10.8. The van der Waals surface area contributed by atoms with Gasteiger partial charge < -0.3 is 9.84 Å². The summed E-state index contributed by atoms with van der Waals surface area (Å²) in [6.07, 6.45) is 0.927. The molecule has 112 valence electrons. The second-order valence-corrected chi connectivity index (χ2v) is 6.85. The van der Waals surface area contributed by atoms with Crippen molar-refractivity contribution in [3.8, 4) is 5.75 Å². The maximum absolute atomic E-state index is 10.8. The van der Waals surface area contributed by atoms with Crippen LogP contribution in [0.25, 0.3) is 0 Å². The van der Waals surface area contributed by atoms with Gasteiger partial charge in [0.25, 0.3) is 0 Å². The lowest BCUT2D eigenvalue weighted by Crippen LogP contribution is -2.00. The van der Waals surface area contributed by atoms with E-state index in [1.54, 1.807) is 17.8 Å². The third kappa shape index (κ3) is 4.79. The molecule has 0 aliphatic heterocycles. The maximum atomic E-state index is 10.8. The minimum Gasteiger partial charge on any atom is -0.493 e. The molecule has 21 heavy (non-hydrogen) atoms. The van der Waals surface area contributed by atoms with E-state index in [0.29, 0.717) is 11.5 Å². The average Bonchev–Trinajstić information content (AvgIpc) is 2.91. The number of hydrogen-bond donors (Lipinski definition) is 1. The molecule has 1 aromatic carbocycles. The lowest BCUT2D eigenvalue weighted by atomic mass is 10.1. The van der Waals surface area contributed by atoms with Crippen molar-refractivity contribution in [2.45, 2.75) is 25.2 Å². The Labute approximate surface area is 133 Å². The zero-order valence-electron chi connectivity index (χ0n) is 12.1. The van der Waals surface area contributed by atoms with Gasteiger partial charge >= 0.3 is 5.97 Å². The molecule has 1 N–H and O–H groups in total. The van der Waals surface area contributed by atoms with E-state index in [1.807, 2.05) is 12.3 Å². The van der Waals surface area contributed by atoms with Crippen molar-refractivity contribution < 1.29 is 14.6 Å². The fourth-order valence-electron chi connectivity index (χ4n) is 1.80. The number of carboxylic acids is 1. The second-order valence-electron chi connectivity index (χ2n) is 4.77. The first-order valence-electron chi connectivity index (χ1n) is 6.71. The molecule has 0 aliphatic carbocycles. The van der Waals surface area contributed by atoms with Gasteiger partial charge in [-0.05, 0) is 43.5 Å². The van der Waals surface area contributed by atoms with E-state index < -0.39 is 5.97 Å². The monoisotopic (exact) mass is 322 g/mol. The highest BCUT2D eigenvalue weighted by Gasteiger charge is 2.07. The van der Waals surface area contributed by atoms with E-state index in [9.17, 15) is 4.79 Å². The first-order valence-corrected chi connectivity index (χ1v) is 8.57. The maximum Gasteiger partial charge on any atom is 0.345 e. The molecule has 0 unspecified atom stereocenters. The summed E-state index contributed by atoms with van der Waals surface area (Å²) in [6, 6.07) is 7.93. The smallest absolute Gasteiger partial charge is 0.345 e. The van der Waals surface area contributed by atoms with Gasteiger partial charge in [-0.25, -0.2) is 4.79 Å². The SMILES string of the molecule is Cc1ccc(C)c(OCCCSc2csc(C(=O)O)c2)c1. The van der Waals surface area contributed by atoms with Gasteiger partial charge in [0.15, 0.2) is 0 Å². The van der Waals surface area contributed by atoms with Crippen molar-refractivity contribution in [3.05, 3.63) is 45.6 Å². The van der Waals surface area contributed by atoms with Gasteiger partial charge in [-0.1, -0.05) is 12.1 Å². The van der Waals surface area contributed by atoms with E-state index in [1.165, 1.54) is 16.9 Å². The van der Waals surface area contributed by atoms with Crippen LogP contribution in [0.5, 0.6) is 5.75 Å². The first-order chi connectivity index (χ1) is 10.1. The number of aryl methyl sites for hydroxylation is 2. The number of thiophene rings is 1.